The lowest BCUT2D eigenvalue weighted by Crippen LogP contribution is -2.53. The minimum Gasteiger partial charge on any atom is -0.338 e. The van der Waals surface area contributed by atoms with Crippen molar-refractivity contribution >= 4 is 23.2 Å². The van der Waals surface area contributed by atoms with Gasteiger partial charge in [-0.3, -0.25) is 14.5 Å². The number of carbonyl (C=O) groups is 2. The number of likely N-dealkylation sites (tertiary alicyclic amines) is 1. The summed E-state index contributed by atoms with van der Waals surface area (Å²) in [4.78, 5) is 35.1. The van der Waals surface area contributed by atoms with Crippen molar-refractivity contribution in [3.05, 3.63) is 93.2 Å². The molecule has 2 saturated heterocycles. The first-order valence-electron chi connectivity index (χ1n) is 13.2. The Hall–Kier alpha value is -3.00. The first-order valence-corrected chi connectivity index (χ1v) is 14.0. The molecule has 1 N–H and O–H groups in total. The fourth-order valence-electron chi connectivity index (χ4n) is 5.34. The van der Waals surface area contributed by atoms with E-state index >= 15 is 0 Å². The summed E-state index contributed by atoms with van der Waals surface area (Å²) in [6.07, 6.45) is 0.650. The second-order valence-corrected chi connectivity index (χ2v) is 11.3. The highest BCUT2D eigenvalue weighted by molar-refractivity contribution is 7.09. The Kier molecular flexibility index (Phi) is 8.03. The highest BCUT2D eigenvalue weighted by atomic mass is 32.1. The summed E-state index contributed by atoms with van der Waals surface area (Å²) >= 11 is 1.75. The van der Waals surface area contributed by atoms with Crippen molar-refractivity contribution in [1.29, 1.82) is 0 Å². The van der Waals surface area contributed by atoms with Crippen molar-refractivity contribution < 1.29 is 9.59 Å². The van der Waals surface area contributed by atoms with Crippen LogP contribution in [0.5, 0.6) is 0 Å². The lowest BCUT2D eigenvalue weighted by atomic mass is 10.1. The Labute approximate surface area is 223 Å². The number of nitrogens with one attached hydrogen (secondary N) is 1. The summed E-state index contributed by atoms with van der Waals surface area (Å²) in [6, 6.07) is 20.3. The molecule has 37 heavy (non-hydrogen) atoms. The molecule has 2 unspecified atom stereocenters. The molecule has 2 atom stereocenters. The van der Waals surface area contributed by atoms with E-state index in [1.165, 1.54) is 16.0 Å². The maximum Gasteiger partial charge on any atom is 0.254 e. The van der Waals surface area contributed by atoms with Gasteiger partial charge in [0.25, 0.3) is 5.91 Å². The van der Waals surface area contributed by atoms with E-state index in [0.717, 1.165) is 31.7 Å². The zero-order valence-electron chi connectivity index (χ0n) is 21.7. The number of hydrogen-bond acceptors (Lipinski definition) is 5. The molecule has 2 fully saturated rings. The highest BCUT2D eigenvalue weighted by Crippen LogP contribution is 2.29. The van der Waals surface area contributed by atoms with Crippen LogP contribution in [0.2, 0.25) is 0 Å². The predicted molar refractivity (Wildman–Crippen MR) is 149 cm³/mol. The lowest BCUT2D eigenvalue weighted by Gasteiger charge is -2.32. The Morgan fingerprint density at radius 2 is 1.62 bits per heavy atom. The van der Waals surface area contributed by atoms with E-state index in [0.29, 0.717) is 31.6 Å². The number of hydrogen-bond donors (Lipinski definition) is 1. The Balaban J connectivity index is 1.43. The third-order valence-electron chi connectivity index (χ3n) is 7.51. The van der Waals surface area contributed by atoms with Gasteiger partial charge in [0, 0.05) is 62.3 Å². The molecule has 7 heteroatoms. The SMILES string of the molecule is Cc1ccc(CN(Cc2cccs2)C2CC(C(=O)N3CCNCC3)N(C(=O)c3ccc(C)cc3)C2)cc1. The summed E-state index contributed by atoms with van der Waals surface area (Å²) in [5, 5.41) is 5.44. The summed E-state index contributed by atoms with van der Waals surface area (Å²) < 4.78 is 0. The second-order valence-electron chi connectivity index (χ2n) is 10.3. The summed E-state index contributed by atoms with van der Waals surface area (Å²) in [5.41, 5.74) is 4.25. The topological polar surface area (TPSA) is 55.9 Å². The average molecular weight is 517 g/mol. The second kappa shape index (κ2) is 11.6. The molecule has 2 aliphatic rings. The van der Waals surface area contributed by atoms with Gasteiger partial charge in [-0.1, -0.05) is 53.6 Å². The van der Waals surface area contributed by atoms with Crippen molar-refractivity contribution in [3.8, 4) is 0 Å². The molecule has 0 bridgehead atoms. The number of thiophene rings is 1. The summed E-state index contributed by atoms with van der Waals surface area (Å²) in [5.74, 6) is 0.0262. The molecule has 0 aliphatic carbocycles. The van der Waals surface area contributed by atoms with Crippen molar-refractivity contribution in [2.75, 3.05) is 32.7 Å². The third kappa shape index (κ3) is 6.12. The molecule has 6 nitrogen and oxygen atoms in total. The zero-order valence-corrected chi connectivity index (χ0v) is 22.5. The number of carbonyl (C=O) groups excluding carboxylic acids is 2. The van der Waals surface area contributed by atoms with Crippen LogP contribution in [-0.4, -0.2) is 71.3 Å². The molecule has 5 rings (SSSR count). The van der Waals surface area contributed by atoms with Crippen molar-refractivity contribution in [3.63, 3.8) is 0 Å². The van der Waals surface area contributed by atoms with Gasteiger partial charge in [0.1, 0.15) is 6.04 Å². The van der Waals surface area contributed by atoms with Crippen LogP contribution in [-0.2, 0) is 17.9 Å². The van der Waals surface area contributed by atoms with E-state index in [4.69, 9.17) is 0 Å². The first kappa shape index (κ1) is 25.6. The van der Waals surface area contributed by atoms with Crippen molar-refractivity contribution in [1.82, 2.24) is 20.0 Å². The third-order valence-corrected chi connectivity index (χ3v) is 8.37. The lowest BCUT2D eigenvalue weighted by molar-refractivity contribution is -0.135. The van der Waals surface area contributed by atoms with Crippen LogP contribution in [0, 0.1) is 13.8 Å². The summed E-state index contributed by atoms with van der Waals surface area (Å²) in [7, 11) is 0. The number of rotatable bonds is 7. The Morgan fingerprint density at radius 1 is 0.946 bits per heavy atom. The van der Waals surface area contributed by atoms with Crippen molar-refractivity contribution in [2.45, 2.75) is 45.4 Å². The van der Waals surface area contributed by atoms with E-state index in [2.05, 4.69) is 58.9 Å². The van der Waals surface area contributed by atoms with E-state index in [1.54, 1.807) is 11.3 Å². The molecule has 3 aromatic rings. The molecular formula is C30H36N4O2S. The van der Waals surface area contributed by atoms with Crippen molar-refractivity contribution in [2.24, 2.45) is 0 Å². The minimum atomic E-state index is -0.444. The Bertz CT molecular complexity index is 1190. The number of nitrogens with zero attached hydrogens (tertiary/aromatic N) is 3. The smallest absolute Gasteiger partial charge is 0.254 e. The van der Waals surface area contributed by atoms with Gasteiger partial charge in [-0.2, -0.15) is 0 Å². The van der Waals surface area contributed by atoms with E-state index in [-0.39, 0.29) is 17.9 Å². The largest absolute Gasteiger partial charge is 0.338 e. The van der Waals surface area contributed by atoms with E-state index < -0.39 is 6.04 Å². The quantitative estimate of drug-likeness (QED) is 0.514. The van der Waals surface area contributed by atoms with Gasteiger partial charge in [-0.05, 0) is 49.4 Å². The molecule has 0 radical (unpaired) electrons. The molecule has 194 valence electrons. The van der Waals surface area contributed by atoms with Gasteiger partial charge in [0.15, 0.2) is 0 Å². The molecule has 1 aromatic heterocycles. The first-order chi connectivity index (χ1) is 18.0. The maximum atomic E-state index is 13.8. The standard InChI is InChI=1S/C30H36N4O2S/c1-22-5-9-24(10-6-22)19-33(21-27-4-3-17-37-27)26-18-28(30(36)32-15-13-31-14-16-32)34(20-26)29(35)25-11-7-23(2)8-12-25/h3-12,17,26,28,31H,13-16,18-21H2,1-2H3. The van der Waals surface area contributed by atoms with Gasteiger partial charge in [-0.15, -0.1) is 11.3 Å². The fraction of sp³-hybridized carbons (Fsp3) is 0.400. The van der Waals surface area contributed by atoms with Crippen LogP contribution >= 0.6 is 11.3 Å². The van der Waals surface area contributed by atoms with Crippen LogP contribution in [0.3, 0.4) is 0 Å². The number of benzene rings is 2. The van der Waals surface area contributed by atoms with Crippen LogP contribution in [0.25, 0.3) is 0 Å². The molecule has 3 heterocycles. The molecule has 2 aliphatic heterocycles. The van der Waals surface area contributed by atoms with Gasteiger partial charge in [0.2, 0.25) is 5.91 Å². The monoisotopic (exact) mass is 516 g/mol. The summed E-state index contributed by atoms with van der Waals surface area (Å²) in [6.45, 7) is 9.23. The van der Waals surface area contributed by atoms with Gasteiger partial charge < -0.3 is 15.1 Å². The number of amides is 2. The molecule has 2 aromatic carbocycles. The van der Waals surface area contributed by atoms with Crippen LogP contribution in [0.15, 0.2) is 66.0 Å². The van der Waals surface area contributed by atoms with Gasteiger partial charge in [0.05, 0.1) is 0 Å². The fourth-order valence-corrected chi connectivity index (χ4v) is 6.07. The Morgan fingerprint density at radius 3 is 2.27 bits per heavy atom. The molecule has 0 spiro atoms. The van der Waals surface area contributed by atoms with Crippen LogP contribution < -0.4 is 5.32 Å². The number of piperazine rings is 1. The van der Waals surface area contributed by atoms with E-state index in [9.17, 15) is 9.59 Å². The van der Waals surface area contributed by atoms with Gasteiger partial charge in [-0.25, -0.2) is 0 Å². The maximum absolute atomic E-state index is 13.8. The highest BCUT2D eigenvalue weighted by Gasteiger charge is 2.43. The van der Waals surface area contributed by atoms with Crippen LogP contribution in [0.1, 0.15) is 38.3 Å². The molecule has 2 amide bonds. The molecular weight excluding hydrogens is 480 g/mol. The normalized spacial score (nSPS) is 20.0. The minimum absolute atomic E-state index is 0.0533. The van der Waals surface area contributed by atoms with E-state index in [1.807, 2.05) is 41.0 Å². The van der Waals surface area contributed by atoms with Crippen LogP contribution in [0.4, 0.5) is 0 Å². The number of aryl methyl sites for hydroxylation is 2. The zero-order chi connectivity index (χ0) is 25.8. The average Bonchev–Trinajstić information content (AvgIpc) is 3.60. The van der Waals surface area contributed by atoms with Gasteiger partial charge >= 0.3 is 0 Å². The predicted octanol–water partition coefficient (Wildman–Crippen LogP) is 4.08. The molecule has 0 saturated carbocycles.